The number of hydrogen-bond acceptors (Lipinski definition) is 4. The van der Waals surface area contributed by atoms with Crippen molar-refractivity contribution in [1.29, 1.82) is 0 Å². The van der Waals surface area contributed by atoms with Crippen LogP contribution in [-0.4, -0.2) is 31.9 Å². The number of halogens is 1. The van der Waals surface area contributed by atoms with E-state index in [2.05, 4.69) is 5.32 Å². The maximum absolute atomic E-state index is 12.6. The van der Waals surface area contributed by atoms with E-state index in [-0.39, 0.29) is 18.5 Å². The Hall–Kier alpha value is -1.96. The third kappa shape index (κ3) is 4.13. The Morgan fingerprint density at radius 3 is 2.22 bits per heavy atom. The molecule has 0 saturated heterocycles. The zero-order valence-corrected chi connectivity index (χ0v) is 9.91. The molecule has 0 aromatic heterocycles. The average molecular weight is 275 g/mol. The van der Waals surface area contributed by atoms with Gasteiger partial charge in [0.2, 0.25) is 0 Å². The van der Waals surface area contributed by atoms with Crippen LogP contribution in [-0.2, 0) is 15.0 Å². The molecular formula is C10H10FNO5S. The van der Waals surface area contributed by atoms with Crippen LogP contribution in [0.3, 0.4) is 0 Å². The van der Waals surface area contributed by atoms with Gasteiger partial charge in [-0.1, -0.05) is 0 Å². The summed E-state index contributed by atoms with van der Waals surface area (Å²) >= 11 is 0. The molecule has 0 atom stereocenters. The molecule has 0 aliphatic heterocycles. The van der Waals surface area contributed by atoms with E-state index in [4.69, 9.17) is 5.11 Å². The number of carboxylic acids is 1. The van der Waals surface area contributed by atoms with Crippen LogP contribution in [0.2, 0.25) is 0 Å². The highest BCUT2D eigenvalue weighted by Gasteiger charge is 2.12. The van der Waals surface area contributed by atoms with Gasteiger partial charge in [-0.15, -0.1) is 3.89 Å². The Labute approximate surface area is 103 Å². The molecule has 1 aromatic carbocycles. The first kappa shape index (κ1) is 14.1. The molecule has 0 heterocycles. The molecule has 0 aliphatic rings. The van der Waals surface area contributed by atoms with Crippen molar-refractivity contribution < 1.29 is 27.0 Å². The molecule has 1 amide bonds. The quantitative estimate of drug-likeness (QED) is 0.764. The Morgan fingerprint density at radius 1 is 1.22 bits per heavy atom. The van der Waals surface area contributed by atoms with Crippen molar-refractivity contribution in [1.82, 2.24) is 5.32 Å². The van der Waals surface area contributed by atoms with Crippen LogP contribution in [0.25, 0.3) is 0 Å². The molecular weight excluding hydrogens is 265 g/mol. The van der Waals surface area contributed by atoms with E-state index in [1.54, 1.807) is 0 Å². The van der Waals surface area contributed by atoms with Crippen molar-refractivity contribution in [2.24, 2.45) is 0 Å². The van der Waals surface area contributed by atoms with Crippen molar-refractivity contribution in [2.45, 2.75) is 11.3 Å². The Balaban J connectivity index is 2.68. The van der Waals surface area contributed by atoms with Crippen LogP contribution >= 0.6 is 0 Å². The normalized spacial score (nSPS) is 10.9. The predicted octanol–water partition coefficient (Wildman–Crippen LogP) is 0.549. The van der Waals surface area contributed by atoms with Gasteiger partial charge >= 0.3 is 16.2 Å². The summed E-state index contributed by atoms with van der Waals surface area (Å²) < 4.78 is 33.6. The molecule has 0 bridgehead atoms. The van der Waals surface area contributed by atoms with E-state index >= 15 is 0 Å². The minimum atomic E-state index is -4.78. The third-order valence-corrected chi connectivity index (χ3v) is 2.86. The molecule has 98 valence electrons. The summed E-state index contributed by atoms with van der Waals surface area (Å²) in [5, 5.41) is 10.7. The van der Waals surface area contributed by atoms with Gasteiger partial charge in [0, 0.05) is 12.1 Å². The molecule has 6 nitrogen and oxygen atoms in total. The van der Waals surface area contributed by atoms with Crippen LogP contribution in [0.1, 0.15) is 16.8 Å². The summed E-state index contributed by atoms with van der Waals surface area (Å²) in [6.07, 6.45) is -0.220. The van der Waals surface area contributed by atoms with Crippen molar-refractivity contribution in [2.75, 3.05) is 6.54 Å². The maximum Gasteiger partial charge on any atom is 0.332 e. The first-order valence-electron chi connectivity index (χ1n) is 4.85. The molecule has 2 N–H and O–H groups in total. The second-order valence-electron chi connectivity index (χ2n) is 3.36. The molecule has 18 heavy (non-hydrogen) atoms. The molecule has 8 heteroatoms. The number of aliphatic carboxylic acids is 1. The van der Waals surface area contributed by atoms with Crippen LogP contribution < -0.4 is 5.32 Å². The number of carbonyl (C=O) groups is 2. The maximum atomic E-state index is 12.6. The summed E-state index contributed by atoms with van der Waals surface area (Å²) in [4.78, 5) is 21.1. The largest absolute Gasteiger partial charge is 0.481 e. The smallest absolute Gasteiger partial charge is 0.332 e. The standard InChI is InChI=1S/C10H10FNO5S/c11-18(16,17)8-3-1-7(2-4-8)10(15)12-6-5-9(13)14/h1-4H,5-6H2,(H,12,15)(H,13,14). The summed E-state index contributed by atoms with van der Waals surface area (Å²) in [7, 11) is -4.78. The Kier molecular flexibility index (Phi) is 4.38. The summed E-state index contributed by atoms with van der Waals surface area (Å²) in [5.74, 6) is -1.60. The van der Waals surface area contributed by atoms with E-state index in [0.29, 0.717) is 0 Å². The number of nitrogens with one attached hydrogen (secondary N) is 1. The van der Waals surface area contributed by atoms with Crippen molar-refractivity contribution in [3.8, 4) is 0 Å². The van der Waals surface area contributed by atoms with E-state index in [1.165, 1.54) is 0 Å². The zero-order chi connectivity index (χ0) is 13.8. The monoisotopic (exact) mass is 275 g/mol. The van der Waals surface area contributed by atoms with Gasteiger partial charge < -0.3 is 10.4 Å². The van der Waals surface area contributed by atoms with Crippen LogP contribution in [0.15, 0.2) is 29.2 Å². The topological polar surface area (TPSA) is 101 Å². The predicted molar refractivity (Wildman–Crippen MR) is 59.3 cm³/mol. The number of carbonyl (C=O) groups excluding carboxylic acids is 1. The summed E-state index contributed by atoms with van der Waals surface area (Å²) in [6.45, 7) is -0.0443. The van der Waals surface area contributed by atoms with Gasteiger partial charge in [-0.25, -0.2) is 0 Å². The van der Waals surface area contributed by atoms with Gasteiger partial charge in [-0.3, -0.25) is 9.59 Å². The number of benzene rings is 1. The van der Waals surface area contributed by atoms with E-state index in [9.17, 15) is 21.9 Å². The van der Waals surface area contributed by atoms with Gasteiger partial charge in [0.25, 0.3) is 5.91 Å². The lowest BCUT2D eigenvalue weighted by atomic mass is 10.2. The second kappa shape index (κ2) is 5.58. The number of amides is 1. The van der Waals surface area contributed by atoms with Crippen molar-refractivity contribution in [3.05, 3.63) is 29.8 Å². The molecule has 1 rings (SSSR count). The molecule has 0 fully saturated rings. The lowest BCUT2D eigenvalue weighted by Gasteiger charge is -2.03. The molecule has 1 aromatic rings. The molecule has 0 aliphatic carbocycles. The van der Waals surface area contributed by atoms with Gasteiger partial charge in [0.05, 0.1) is 11.3 Å². The van der Waals surface area contributed by atoms with Crippen LogP contribution in [0.4, 0.5) is 3.89 Å². The highest BCUT2D eigenvalue weighted by atomic mass is 32.3. The highest BCUT2D eigenvalue weighted by molar-refractivity contribution is 7.86. The molecule has 0 radical (unpaired) electrons. The van der Waals surface area contributed by atoms with Crippen molar-refractivity contribution in [3.63, 3.8) is 0 Å². The fourth-order valence-corrected chi connectivity index (χ4v) is 1.62. The summed E-state index contributed by atoms with van der Waals surface area (Å²) in [6, 6.07) is 4.20. The number of rotatable bonds is 5. The number of carboxylic acid groups (broad SMARTS) is 1. The molecule has 0 saturated carbocycles. The van der Waals surface area contributed by atoms with Gasteiger partial charge in [-0.05, 0) is 24.3 Å². The molecule has 0 unspecified atom stereocenters. The minimum absolute atomic E-state index is 0.0443. The summed E-state index contributed by atoms with van der Waals surface area (Å²) in [5.41, 5.74) is 0.118. The Bertz CT molecular complexity index is 552. The lowest BCUT2D eigenvalue weighted by Crippen LogP contribution is -2.25. The van der Waals surface area contributed by atoms with Gasteiger partial charge in [0.1, 0.15) is 0 Å². The fourth-order valence-electron chi connectivity index (χ4n) is 1.15. The van der Waals surface area contributed by atoms with E-state index in [1.807, 2.05) is 0 Å². The van der Waals surface area contributed by atoms with E-state index in [0.717, 1.165) is 24.3 Å². The molecule has 0 spiro atoms. The average Bonchev–Trinajstić information content (AvgIpc) is 2.27. The van der Waals surface area contributed by atoms with Crippen LogP contribution in [0.5, 0.6) is 0 Å². The Morgan fingerprint density at radius 2 is 1.78 bits per heavy atom. The first-order valence-corrected chi connectivity index (χ1v) is 6.24. The van der Waals surface area contributed by atoms with Crippen LogP contribution in [0, 0.1) is 0 Å². The minimum Gasteiger partial charge on any atom is -0.481 e. The lowest BCUT2D eigenvalue weighted by molar-refractivity contribution is -0.136. The van der Waals surface area contributed by atoms with Crippen molar-refractivity contribution >= 4 is 22.1 Å². The van der Waals surface area contributed by atoms with E-state index < -0.39 is 27.0 Å². The zero-order valence-electron chi connectivity index (χ0n) is 9.09. The fraction of sp³-hybridized carbons (Fsp3) is 0.200. The first-order chi connectivity index (χ1) is 8.30. The van der Waals surface area contributed by atoms with Gasteiger partial charge in [0.15, 0.2) is 0 Å². The number of hydrogen-bond donors (Lipinski definition) is 2. The highest BCUT2D eigenvalue weighted by Crippen LogP contribution is 2.12. The second-order valence-corrected chi connectivity index (χ2v) is 4.71. The third-order valence-electron chi connectivity index (χ3n) is 2.02. The SMILES string of the molecule is O=C(O)CCNC(=O)c1ccc(S(=O)(=O)F)cc1. The van der Waals surface area contributed by atoms with Gasteiger partial charge in [-0.2, -0.15) is 8.42 Å².